The summed E-state index contributed by atoms with van der Waals surface area (Å²) < 4.78 is 43.5. The first-order chi connectivity index (χ1) is 15.4. The fourth-order valence-electron chi connectivity index (χ4n) is 3.11. The number of halogens is 1. The Bertz CT molecular complexity index is 1490. The van der Waals surface area contributed by atoms with E-state index in [1.165, 1.54) is 12.1 Å². The van der Waals surface area contributed by atoms with Gasteiger partial charge in [-0.2, -0.15) is 8.42 Å². The lowest BCUT2D eigenvalue weighted by molar-refractivity contribution is -0.197. The molecule has 0 bridgehead atoms. The number of hydrogen-bond donors (Lipinski definition) is 2. The second kappa shape index (κ2) is 8.03. The van der Waals surface area contributed by atoms with Crippen molar-refractivity contribution >= 4 is 50.5 Å². The molecule has 0 saturated carbocycles. The van der Waals surface area contributed by atoms with E-state index in [0.29, 0.717) is 0 Å². The van der Waals surface area contributed by atoms with Gasteiger partial charge < -0.3 is 18.8 Å². The maximum Gasteiger partial charge on any atom is 0.347 e. The highest BCUT2D eigenvalue weighted by Gasteiger charge is 2.34. The molecule has 0 spiro atoms. The Labute approximate surface area is 188 Å². The smallest absolute Gasteiger partial charge is 0.347 e. The van der Waals surface area contributed by atoms with Gasteiger partial charge in [-0.3, -0.25) is 14.1 Å². The minimum atomic E-state index is -4.92. The lowest BCUT2D eigenvalue weighted by Gasteiger charge is -2.12. The lowest BCUT2D eigenvalue weighted by Crippen LogP contribution is -2.32. The number of benzene rings is 1. The number of nitrogens with zero attached hydrogens (tertiary/aromatic N) is 1. The zero-order valence-corrected chi connectivity index (χ0v) is 17.8. The highest BCUT2D eigenvalue weighted by molar-refractivity contribution is 7.85. The fourth-order valence-corrected chi connectivity index (χ4v) is 3.94. The summed E-state index contributed by atoms with van der Waals surface area (Å²) in [4.78, 5) is 51.6. The van der Waals surface area contributed by atoms with E-state index in [9.17, 15) is 37.3 Å². The van der Waals surface area contributed by atoms with Gasteiger partial charge in [0, 0.05) is 30.4 Å². The molecule has 0 radical (unpaired) electrons. The largest absolute Gasteiger partial charge is 0.506 e. The molecule has 0 atom stereocenters. The maximum absolute atomic E-state index is 12.4. The third-order valence-corrected chi connectivity index (χ3v) is 5.82. The highest BCUT2D eigenvalue weighted by Crippen LogP contribution is 2.32. The first-order valence-electron chi connectivity index (χ1n) is 9.07. The molecule has 1 aliphatic rings. The summed E-state index contributed by atoms with van der Waals surface area (Å²) in [6.07, 6.45) is -1.19. The predicted molar refractivity (Wildman–Crippen MR) is 108 cm³/mol. The van der Waals surface area contributed by atoms with E-state index in [4.69, 9.17) is 20.4 Å². The number of aromatic hydroxyl groups is 1. The van der Waals surface area contributed by atoms with Crippen LogP contribution in [0.1, 0.15) is 18.6 Å². The van der Waals surface area contributed by atoms with E-state index in [-0.39, 0.29) is 51.0 Å². The second-order valence-electron chi connectivity index (χ2n) is 6.88. The molecule has 2 amide bonds. The summed E-state index contributed by atoms with van der Waals surface area (Å²) in [6, 6.07) is 4.43. The van der Waals surface area contributed by atoms with Gasteiger partial charge in [0.05, 0.1) is 5.02 Å². The van der Waals surface area contributed by atoms with Crippen LogP contribution in [0.2, 0.25) is 5.02 Å². The van der Waals surface area contributed by atoms with Crippen LogP contribution in [0.15, 0.2) is 42.8 Å². The minimum absolute atomic E-state index is 0.0176. The van der Waals surface area contributed by atoms with Crippen LogP contribution >= 0.6 is 11.6 Å². The molecule has 3 aromatic rings. The summed E-state index contributed by atoms with van der Waals surface area (Å²) >= 11 is 5.85. The van der Waals surface area contributed by atoms with E-state index in [1.807, 2.05) is 0 Å². The first kappa shape index (κ1) is 22.5. The van der Waals surface area contributed by atoms with Gasteiger partial charge >= 0.3 is 11.6 Å². The van der Waals surface area contributed by atoms with Crippen molar-refractivity contribution in [2.45, 2.75) is 24.2 Å². The van der Waals surface area contributed by atoms with E-state index in [2.05, 4.69) is 4.84 Å². The Balaban J connectivity index is 1.73. The molecule has 3 heterocycles. The second-order valence-corrected chi connectivity index (χ2v) is 8.68. The number of carbonyl (C=O) groups is 3. The molecule has 2 aromatic heterocycles. The zero-order valence-electron chi connectivity index (χ0n) is 16.2. The number of phenols is 1. The van der Waals surface area contributed by atoms with Crippen molar-refractivity contribution in [2.75, 3.05) is 0 Å². The number of phenolic OH excluding ortho intramolecular Hbond substituents is 1. The highest BCUT2D eigenvalue weighted by atomic mass is 35.5. The molecular weight excluding hydrogens is 486 g/mol. The van der Waals surface area contributed by atoms with Crippen molar-refractivity contribution in [1.29, 1.82) is 0 Å². The van der Waals surface area contributed by atoms with Gasteiger partial charge in [0.25, 0.3) is 21.9 Å². The van der Waals surface area contributed by atoms with Crippen molar-refractivity contribution in [1.82, 2.24) is 5.06 Å². The van der Waals surface area contributed by atoms with Gasteiger partial charge in [-0.25, -0.2) is 9.59 Å². The summed E-state index contributed by atoms with van der Waals surface area (Å²) in [5.74, 6) is -4.04. The molecular formula is C19H12ClNO11S. The molecule has 14 heteroatoms. The molecule has 1 saturated heterocycles. The van der Waals surface area contributed by atoms with Crippen molar-refractivity contribution in [3.63, 3.8) is 0 Å². The topological polar surface area (TPSA) is 182 Å². The number of hydroxylamine groups is 2. The van der Waals surface area contributed by atoms with Gasteiger partial charge in [-0.15, -0.1) is 5.06 Å². The maximum atomic E-state index is 12.4. The number of rotatable bonds is 5. The molecule has 172 valence electrons. The third-order valence-electron chi connectivity index (χ3n) is 4.62. The van der Waals surface area contributed by atoms with Gasteiger partial charge in [0.1, 0.15) is 39.7 Å². The monoisotopic (exact) mass is 497 g/mol. The van der Waals surface area contributed by atoms with Crippen LogP contribution in [0, 0.1) is 0 Å². The Morgan fingerprint density at radius 2 is 1.76 bits per heavy atom. The van der Waals surface area contributed by atoms with Crippen molar-refractivity contribution in [2.24, 2.45) is 0 Å². The molecule has 1 fully saturated rings. The van der Waals surface area contributed by atoms with Crippen LogP contribution in [-0.2, 0) is 35.8 Å². The standard InChI is InChI=1S/C19H12ClNO11S/c20-10-4-8-3-9(19(26)31-12(8)5-11(10)22)13-6-15(33(27,28)29)14(30-13)7-18(25)32-21-16(23)1-2-17(21)24/h3-6,22H,1-2,7H2,(H,27,28,29). The van der Waals surface area contributed by atoms with E-state index in [0.717, 1.165) is 12.1 Å². The molecule has 4 rings (SSSR count). The fraction of sp³-hybridized carbons (Fsp3) is 0.158. The minimum Gasteiger partial charge on any atom is -0.506 e. The van der Waals surface area contributed by atoms with E-state index in [1.54, 1.807) is 0 Å². The number of carbonyl (C=O) groups excluding carboxylic acids is 3. The van der Waals surface area contributed by atoms with Crippen LogP contribution in [0.3, 0.4) is 0 Å². The summed E-state index contributed by atoms with van der Waals surface area (Å²) in [6.45, 7) is 0. The summed E-state index contributed by atoms with van der Waals surface area (Å²) in [5, 5.41) is 10.1. The number of imide groups is 1. The molecule has 0 unspecified atom stereocenters. The Morgan fingerprint density at radius 3 is 2.39 bits per heavy atom. The van der Waals surface area contributed by atoms with Crippen LogP contribution in [-0.4, -0.2) is 40.9 Å². The Kier molecular flexibility index (Phi) is 5.47. The van der Waals surface area contributed by atoms with Gasteiger partial charge in [0.15, 0.2) is 0 Å². The Hall–Kier alpha value is -3.68. The average Bonchev–Trinajstić information content (AvgIpc) is 3.27. The predicted octanol–water partition coefficient (Wildman–Crippen LogP) is 1.81. The molecule has 2 N–H and O–H groups in total. The molecule has 1 aliphatic heterocycles. The van der Waals surface area contributed by atoms with E-state index >= 15 is 0 Å². The Morgan fingerprint density at radius 1 is 1.09 bits per heavy atom. The molecule has 1 aromatic carbocycles. The number of furan rings is 1. The SMILES string of the molecule is O=C(Cc1oc(-c2cc3cc(Cl)c(O)cc3oc2=O)cc1S(=O)(=O)O)ON1C(=O)CCC1=O. The lowest BCUT2D eigenvalue weighted by atomic mass is 10.1. The first-order valence-corrected chi connectivity index (χ1v) is 10.9. The van der Waals surface area contributed by atoms with Crippen molar-refractivity contribution < 1.29 is 46.1 Å². The van der Waals surface area contributed by atoms with Crippen LogP contribution in [0.5, 0.6) is 5.75 Å². The number of hydrogen-bond acceptors (Lipinski definition) is 10. The molecule has 33 heavy (non-hydrogen) atoms. The normalized spacial score (nSPS) is 14.3. The van der Waals surface area contributed by atoms with Gasteiger partial charge in [-0.1, -0.05) is 11.6 Å². The van der Waals surface area contributed by atoms with Crippen molar-refractivity contribution in [3.05, 3.63) is 45.5 Å². The van der Waals surface area contributed by atoms with Crippen LogP contribution < -0.4 is 5.63 Å². The molecule has 0 aliphatic carbocycles. The summed E-state index contributed by atoms with van der Waals surface area (Å²) in [7, 11) is -4.92. The van der Waals surface area contributed by atoms with Crippen molar-refractivity contribution in [3.8, 4) is 17.1 Å². The van der Waals surface area contributed by atoms with Crippen LogP contribution in [0.4, 0.5) is 0 Å². The van der Waals surface area contributed by atoms with Gasteiger partial charge in [-0.05, 0) is 12.1 Å². The average molecular weight is 498 g/mol. The summed E-state index contributed by atoms with van der Waals surface area (Å²) in [5.41, 5.74) is -1.28. The molecule has 12 nitrogen and oxygen atoms in total. The number of amides is 2. The van der Waals surface area contributed by atoms with E-state index < -0.39 is 50.6 Å². The van der Waals surface area contributed by atoms with Crippen LogP contribution in [0.25, 0.3) is 22.3 Å². The number of fused-ring (bicyclic) bond motifs is 1. The van der Waals surface area contributed by atoms with Gasteiger partial charge in [0.2, 0.25) is 0 Å². The third kappa shape index (κ3) is 4.33. The quantitative estimate of drug-likeness (QED) is 0.298. The zero-order chi connectivity index (χ0) is 24.1.